The van der Waals surface area contributed by atoms with Gasteiger partial charge >= 0.3 is 0 Å². The van der Waals surface area contributed by atoms with Gasteiger partial charge in [-0.25, -0.2) is 9.97 Å². The summed E-state index contributed by atoms with van der Waals surface area (Å²) in [5.74, 6) is -0.203. The Morgan fingerprint density at radius 3 is 2.33 bits per heavy atom. The summed E-state index contributed by atoms with van der Waals surface area (Å²) >= 11 is 6.55. The first-order chi connectivity index (χ1) is 16.0. The molecule has 0 radical (unpaired) electrons. The van der Waals surface area contributed by atoms with Crippen molar-refractivity contribution in [3.63, 3.8) is 0 Å². The van der Waals surface area contributed by atoms with Crippen molar-refractivity contribution in [3.8, 4) is 22.5 Å². The zero-order chi connectivity index (χ0) is 22.9. The normalized spacial score (nSPS) is 11.0. The molecule has 2 N–H and O–H groups in total. The van der Waals surface area contributed by atoms with E-state index in [2.05, 4.69) is 9.97 Å². The minimum atomic E-state index is -0.283. The Kier molecular flexibility index (Phi) is 5.32. The number of benzene rings is 3. The standard InChI is InChI=1S/C27H19ClN4O/c1-16-9-11-18(12-10-16)26(33)25-27(29)32-23(17-6-3-2-4-7-17)24(31-25)20-14-19-8-5-13-30-22(19)21(28)15-20/h2-15H,1H3,(H2,29,32). The third-order valence-corrected chi connectivity index (χ3v) is 5.72. The lowest BCUT2D eigenvalue weighted by molar-refractivity contribution is 0.103. The Balaban J connectivity index is 1.75. The lowest BCUT2D eigenvalue weighted by Crippen LogP contribution is -2.12. The molecule has 0 spiro atoms. The fraction of sp³-hybridized carbons (Fsp3) is 0.0370. The van der Waals surface area contributed by atoms with Gasteiger partial charge in [0.15, 0.2) is 11.5 Å². The summed E-state index contributed by atoms with van der Waals surface area (Å²) in [6.45, 7) is 1.97. The van der Waals surface area contributed by atoms with Gasteiger partial charge in [0, 0.05) is 28.3 Å². The van der Waals surface area contributed by atoms with Crippen molar-refractivity contribution in [1.82, 2.24) is 15.0 Å². The zero-order valence-corrected chi connectivity index (χ0v) is 18.5. The minimum absolute atomic E-state index is 0.0803. The molecule has 0 aliphatic heterocycles. The largest absolute Gasteiger partial charge is 0.382 e. The number of aryl methyl sites for hydroxylation is 1. The SMILES string of the molecule is Cc1ccc(C(=O)c2nc(-c3cc(Cl)c4ncccc4c3)c(-c3ccccc3)nc2N)cc1. The van der Waals surface area contributed by atoms with E-state index in [1.807, 2.05) is 67.6 Å². The molecule has 0 atom stereocenters. The molecule has 0 aliphatic rings. The number of rotatable bonds is 4. The summed E-state index contributed by atoms with van der Waals surface area (Å²) in [7, 11) is 0. The molecule has 2 heterocycles. The number of aromatic nitrogens is 3. The number of hydrogen-bond acceptors (Lipinski definition) is 5. The molecule has 0 unspecified atom stereocenters. The van der Waals surface area contributed by atoms with Crippen LogP contribution in [0.2, 0.25) is 5.02 Å². The summed E-state index contributed by atoms with van der Waals surface area (Å²) < 4.78 is 0. The lowest BCUT2D eigenvalue weighted by atomic mass is 10.0. The van der Waals surface area contributed by atoms with Gasteiger partial charge in [-0.15, -0.1) is 0 Å². The highest BCUT2D eigenvalue weighted by Crippen LogP contribution is 2.35. The molecular weight excluding hydrogens is 432 g/mol. The topological polar surface area (TPSA) is 81.8 Å². The van der Waals surface area contributed by atoms with Crippen molar-refractivity contribution in [2.75, 3.05) is 5.73 Å². The summed E-state index contributed by atoms with van der Waals surface area (Å²) in [4.78, 5) is 27.0. The Hall–Kier alpha value is -4.09. The Morgan fingerprint density at radius 2 is 1.58 bits per heavy atom. The Labute approximate surface area is 195 Å². The van der Waals surface area contributed by atoms with E-state index in [4.69, 9.17) is 22.3 Å². The molecule has 6 heteroatoms. The maximum absolute atomic E-state index is 13.3. The van der Waals surface area contributed by atoms with Crippen LogP contribution in [0.5, 0.6) is 0 Å². The van der Waals surface area contributed by atoms with Crippen LogP contribution in [0, 0.1) is 6.92 Å². The monoisotopic (exact) mass is 450 g/mol. The molecule has 0 saturated carbocycles. The van der Waals surface area contributed by atoms with Gasteiger partial charge in [0.25, 0.3) is 0 Å². The molecule has 5 nitrogen and oxygen atoms in total. The highest BCUT2D eigenvalue weighted by atomic mass is 35.5. The van der Waals surface area contributed by atoms with Gasteiger partial charge < -0.3 is 5.73 Å². The molecular formula is C27H19ClN4O. The van der Waals surface area contributed by atoms with E-state index in [0.29, 0.717) is 27.5 Å². The number of halogens is 1. The maximum atomic E-state index is 13.3. The quantitative estimate of drug-likeness (QED) is 0.333. The van der Waals surface area contributed by atoms with Crippen LogP contribution in [0.3, 0.4) is 0 Å². The molecule has 2 aromatic heterocycles. The number of ketones is 1. The number of carbonyl (C=O) groups is 1. The first-order valence-corrected chi connectivity index (χ1v) is 10.8. The molecule has 5 aromatic rings. The number of hydrogen-bond donors (Lipinski definition) is 1. The van der Waals surface area contributed by atoms with Crippen molar-refractivity contribution in [3.05, 3.63) is 107 Å². The molecule has 160 valence electrons. The third kappa shape index (κ3) is 3.95. The van der Waals surface area contributed by atoms with Gasteiger partial charge in [0.2, 0.25) is 5.78 Å². The minimum Gasteiger partial charge on any atom is -0.382 e. The summed E-state index contributed by atoms with van der Waals surface area (Å²) in [5, 5.41) is 1.36. The van der Waals surface area contributed by atoms with Crippen LogP contribution in [0.15, 0.2) is 85.1 Å². The first-order valence-electron chi connectivity index (χ1n) is 10.4. The van der Waals surface area contributed by atoms with Crippen molar-refractivity contribution in [2.24, 2.45) is 0 Å². The molecule has 0 aliphatic carbocycles. The third-order valence-electron chi connectivity index (χ3n) is 5.43. The average molecular weight is 451 g/mol. The summed E-state index contributed by atoms with van der Waals surface area (Å²) in [6, 6.07) is 24.4. The van der Waals surface area contributed by atoms with E-state index < -0.39 is 0 Å². The van der Waals surface area contributed by atoms with Crippen molar-refractivity contribution in [1.29, 1.82) is 0 Å². The van der Waals surface area contributed by atoms with Crippen LogP contribution in [0.25, 0.3) is 33.4 Å². The van der Waals surface area contributed by atoms with Gasteiger partial charge in [-0.1, -0.05) is 77.8 Å². The number of nitrogens with zero attached hydrogens (tertiary/aromatic N) is 3. The fourth-order valence-corrected chi connectivity index (χ4v) is 4.02. The predicted molar refractivity (Wildman–Crippen MR) is 132 cm³/mol. The zero-order valence-electron chi connectivity index (χ0n) is 17.8. The van der Waals surface area contributed by atoms with Crippen LogP contribution in [0.4, 0.5) is 5.82 Å². The van der Waals surface area contributed by atoms with Gasteiger partial charge in [0.1, 0.15) is 0 Å². The van der Waals surface area contributed by atoms with Gasteiger partial charge in [0.05, 0.1) is 21.9 Å². The van der Waals surface area contributed by atoms with E-state index in [0.717, 1.165) is 22.1 Å². The molecule has 0 saturated heterocycles. The Morgan fingerprint density at radius 1 is 0.848 bits per heavy atom. The molecule has 0 fully saturated rings. The lowest BCUT2D eigenvalue weighted by Gasteiger charge is -2.14. The number of nitrogens with two attached hydrogens (primary N) is 1. The van der Waals surface area contributed by atoms with Crippen molar-refractivity contribution in [2.45, 2.75) is 6.92 Å². The maximum Gasteiger partial charge on any atom is 0.215 e. The number of fused-ring (bicyclic) bond motifs is 1. The van der Waals surface area contributed by atoms with Crippen molar-refractivity contribution >= 4 is 34.1 Å². The van der Waals surface area contributed by atoms with Crippen LogP contribution < -0.4 is 5.73 Å². The number of nitrogen functional groups attached to an aromatic ring is 1. The van der Waals surface area contributed by atoms with Crippen molar-refractivity contribution < 1.29 is 4.79 Å². The van der Waals surface area contributed by atoms with E-state index >= 15 is 0 Å². The molecule has 5 rings (SSSR count). The van der Waals surface area contributed by atoms with E-state index in [-0.39, 0.29) is 17.3 Å². The van der Waals surface area contributed by atoms with E-state index in [1.54, 1.807) is 24.4 Å². The average Bonchev–Trinajstić information content (AvgIpc) is 2.84. The number of carbonyl (C=O) groups excluding carboxylic acids is 1. The molecule has 0 amide bonds. The second-order valence-electron chi connectivity index (χ2n) is 7.75. The first kappa shape index (κ1) is 20.8. The van der Waals surface area contributed by atoms with Gasteiger partial charge in [-0.2, -0.15) is 0 Å². The van der Waals surface area contributed by atoms with E-state index in [9.17, 15) is 4.79 Å². The molecule has 0 bridgehead atoms. The van der Waals surface area contributed by atoms with Gasteiger partial charge in [-0.3, -0.25) is 9.78 Å². The number of pyridine rings is 1. The highest BCUT2D eigenvalue weighted by molar-refractivity contribution is 6.35. The second kappa shape index (κ2) is 8.45. The van der Waals surface area contributed by atoms with Gasteiger partial charge in [-0.05, 0) is 25.1 Å². The summed E-state index contributed by atoms with van der Waals surface area (Å²) in [5.41, 5.74) is 11.3. The highest BCUT2D eigenvalue weighted by Gasteiger charge is 2.21. The number of anilines is 1. The van der Waals surface area contributed by atoms with Crippen LogP contribution in [-0.2, 0) is 0 Å². The second-order valence-corrected chi connectivity index (χ2v) is 8.16. The van der Waals surface area contributed by atoms with E-state index in [1.165, 1.54) is 0 Å². The summed E-state index contributed by atoms with van der Waals surface area (Å²) in [6.07, 6.45) is 1.70. The van der Waals surface area contributed by atoms with Crippen LogP contribution >= 0.6 is 11.6 Å². The van der Waals surface area contributed by atoms with Crippen LogP contribution in [-0.4, -0.2) is 20.7 Å². The molecule has 3 aromatic carbocycles. The fourth-order valence-electron chi connectivity index (χ4n) is 3.74. The molecule has 33 heavy (non-hydrogen) atoms. The van der Waals surface area contributed by atoms with Crippen LogP contribution in [0.1, 0.15) is 21.6 Å². The Bertz CT molecular complexity index is 1500. The smallest absolute Gasteiger partial charge is 0.215 e. The predicted octanol–water partition coefficient (Wildman–Crippen LogP) is 6.13.